The number of fused-ring (bicyclic) bond motifs is 1. The quantitative estimate of drug-likeness (QED) is 0.453. The zero-order chi connectivity index (χ0) is 20.2. The third kappa shape index (κ3) is 5.08. The maximum absolute atomic E-state index is 12.2. The van der Waals surface area contributed by atoms with Crippen LogP contribution in [-0.4, -0.2) is 31.8 Å². The van der Waals surface area contributed by atoms with Gasteiger partial charge >= 0.3 is 0 Å². The molecule has 0 saturated carbocycles. The van der Waals surface area contributed by atoms with Gasteiger partial charge in [-0.15, -0.1) is 33.3 Å². The van der Waals surface area contributed by atoms with Gasteiger partial charge in [0.25, 0.3) is 5.56 Å². The molecular weight excluding hydrogens is 426 g/mol. The Labute approximate surface area is 178 Å². The molecule has 0 aliphatic heterocycles. The maximum Gasteiger partial charge on any atom is 0.259 e. The summed E-state index contributed by atoms with van der Waals surface area (Å²) in [6.07, 6.45) is 0.687. The van der Waals surface area contributed by atoms with E-state index in [9.17, 15) is 9.59 Å². The van der Waals surface area contributed by atoms with Crippen molar-refractivity contribution in [3.05, 3.63) is 68.0 Å². The Balaban J connectivity index is 1.29. The van der Waals surface area contributed by atoms with Gasteiger partial charge in [0.05, 0.1) is 16.9 Å². The number of aromatic amines is 1. The number of nitrogens with one attached hydrogen (secondary N) is 2. The molecule has 3 heterocycles. The molecule has 4 rings (SSSR count). The molecule has 0 aliphatic carbocycles. The first-order valence-electron chi connectivity index (χ1n) is 8.80. The van der Waals surface area contributed by atoms with Gasteiger partial charge in [0.15, 0.2) is 0 Å². The van der Waals surface area contributed by atoms with Gasteiger partial charge in [-0.3, -0.25) is 14.9 Å². The number of carbonyl (C=O) groups is 1. The molecule has 0 bridgehead atoms. The highest BCUT2D eigenvalue weighted by Gasteiger charge is 2.11. The maximum atomic E-state index is 12.2. The summed E-state index contributed by atoms with van der Waals surface area (Å²) in [5.74, 6) is 1.10. The minimum atomic E-state index is -0.159. The summed E-state index contributed by atoms with van der Waals surface area (Å²) >= 11 is 4.24. The van der Waals surface area contributed by atoms with E-state index in [1.165, 1.54) is 34.4 Å². The topological polar surface area (TPSA) is 101 Å². The predicted octanol–water partition coefficient (Wildman–Crippen LogP) is 3.61. The van der Waals surface area contributed by atoms with Gasteiger partial charge in [0, 0.05) is 11.3 Å². The van der Waals surface area contributed by atoms with Crippen LogP contribution in [0.1, 0.15) is 21.3 Å². The van der Waals surface area contributed by atoms with Crippen LogP contribution in [0.5, 0.6) is 0 Å². The van der Waals surface area contributed by atoms with Crippen LogP contribution in [0.3, 0.4) is 0 Å². The van der Waals surface area contributed by atoms with Gasteiger partial charge in [-0.1, -0.05) is 41.7 Å². The number of rotatable bonds is 7. The van der Waals surface area contributed by atoms with E-state index in [-0.39, 0.29) is 17.2 Å². The lowest BCUT2D eigenvalue weighted by atomic mass is 10.2. The van der Waals surface area contributed by atoms with Crippen molar-refractivity contribution in [2.24, 2.45) is 0 Å². The van der Waals surface area contributed by atoms with Crippen LogP contribution >= 0.6 is 34.4 Å². The lowest BCUT2D eigenvalue weighted by Gasteiger charge is -2.02. The fourth-order valence-corrected chi connectivity index (χ4v) is 5.09. The predicted molar refractivity (Wildman–Crippen MR) is 119 cm³/mol. The number of thiophene rings is 1. The fourth-order valence-electron chi connectivity index (χ4n) is 2.71. The molecule has 1 amide bonds. The fraction of sp³-hybridized carbons (Fsp3) is 0.211. The van der Waals surface area contributed by atoms with Crippen molar-refractivity contribution in [1.29, 1.82) is 0 Å². The second-order valence-corrected chi connectivity index (χ2v) is 9.58. The smallest absolute Gasteiger partial charge is 0.259 e. The SMILES string of the molecule is Cc1cc2c(=O)[nH]c(CSCC(=O)Nc3nnc(Cc4ccccc4)s3)nc2s1. The summed E-state index contributed by atoms with van der Waals surface area (Å²) in [7, 11) is 0. The number of hydrogen-bond acceptors (Lipinski definition) is 8. The first-order valence-corrected chi connectivity index (χ1v) is 11.6. The molecule has 0 unspecified atom stereocenters. The zero-order valence-corrected chi connectivity index (χ0v) is 17.9. The number of benzene rings is 1. The molecule has 2 N–H and O–H groups in total. The minimum Gasteiger partial charge on any atom is -0.309 e. The number of aryl methyl sites for hydroxylation is 1. The molecule has 4 aromatic rings. The Hall–Kier alpha value is -2.56. The highest BCUT2D eigenvalue weighted by atomic mass is 32.2. The number of amides is 1. The molecule has 0 spiro atoms. The Morgan fingerprint density at radius 1 is 1.21 bits per heavy atom. The van der Waals surface area contributed by atoms with E-state index in [4.69, 9.17) is 0 Å². The van der Waals surface area contributed by atoms with E-state index in [1.807, 2.05) is 43.3 Å². The Bertz CT molecular complexity index is 1200. The molecule has 1 aromatic carbocycles. The number of carbonyl (C=O) groups excluding carboxylic acids is 1. The third-order valence-electron chi connectivity index (χ3n) is 3.96. The molecule has 0 atom stereocenters. The molecular formula is C19H17N5O2S3. The number of hydrogen-bond donors (Lipinski definition) is 2. The number of H-pyrrole nitrogens is 1. The summed E-state index contributed by atoms with van der Waals surface area (Å²) in [5, 5.41) is 12.9. The van der Waals surface area contributed by atoms with Crippen LogP contribution in [0.25, 0.3) is 10.2 Å². The first kappa shape index (κ1) is 19.7. The standard InChI is InChI=1S/C19H17N5O2S3/c1-11-7-13-17(26)20-14(21-18(13)28-11)9-27-10-15(25)22-19-24-23-16(29-19)8-12-5-3-2-4-6-12/h2-7H,8-10H2,1H3,(H,20,21,26)(H,22,24,25). The number of nitrogens with zero attached hydrogens (tertiary/aromatic N) is 3. The second kappa shape index (κ2) is 8.85. The highest BCUT2D eigenvalue weighted by Crippen LogP contribution is 2.21. The van der Waals surface area contributed by atoms with Gasteiger partial charge in [-0.05, 0) is 18.6 Å². The van der Waals surface area contributed by atoms with E-state index in [2.05, 4.69) is 25.5 Å². The van der Waals surface area contributed by atoms with E-state index in [0.717, 1.165) is 20.3 Å². The number of thioether (sulfide) groups is 1. The van der Waals surface area contributed by atoms with Gasteiger partial charge < -0.3 is 4.98 Å². The molecule has 0 fully saturated rings. The van der Waals surface area contributed by atoms with Crippen LogP contribution in [0.4, 0.5) is 5.13 Å². The molecule has 29 heavy (non-hydrogen) atoms. The number of anilines is 1. The van der Waals surface area contributed by atoms with Crippen LogP contribution in [0, 0.1) is 6.92 Å². The Morgan fingerprint density at radius 2 is 2.03 bits per heavy atom. The van der Waals surface area contributed by atoms with Crippen LogP contribution in [0.2, 0.25) is 0 Å². The van der Waals surface area contributed by atoms with Crippen molar-refractivity contribution in [1.82, 2.24) is 20.2 Å². The van der Waals surface area contributed by atoms with Crippen molar-refractivity contribution in [3.8, 4) is 0 Å². The van der Waals surface area contributed by atoms with Crippen molar-refractivity contribution in [2.75, 3.05) is 11.1 Å². The van der Waals surface area contributed by atoms with Gasteiger partial charge in [0.1, 0.15) is 15.7 Å². The van der Waals surface area contributed by atoms with E-state index in [0.29, 0.717) is 28.5 Å². The number of aromatic nitrogens is 4. The average molecular weight is 444 g/mol. The zero-order valence-electron chi connectivity index (χ0n) is 15.5. The van der Waals surface area contributed by atoms with E-state index >= 15 is 0 Å². The minimum absolute atomic E-state index is 0.140. The largest absolute Gasteiger partial charge is 0.309 e. The molecule has 7 nitrogen and oxygen atoms in total. The van der Waals surface area contributed by atoms with Gasteiger partial charge in [-0.25, -0.2) is 4.98 Å². The Morgan fingerprint density at radius 3 is 2.86 bits per heavy atom. The monoisotopic (exact) mass is 443 g/mol. The van der Waals surface area contributed by atoms with E-state index in [1.54, 1.807) is 0 Å². The molecule has 0 saturated heterocycles. The average Bonchev–Trinajstić information content (AvgIpc) is 3.28. The van der Waals surface area contributed by atoms with Crippen LogP contribution in [-0.2, 0) is 17.0 Å². The van der Waals surface area contributed by atoms with Crippen LogP contribution in [0.15, 0.2) is 41.2 Å². The molecule has 148 valence electrons. The van der Waals surface area contributed by atoms with Crippen molar-refractivity contribution >= 4 is 55.7 Å². The van der Waals surface area contributed by atoms with Crippen molar-refractivity contribution < 1.29 is 4.79 Å². The van der Waals surface area contributed by atoms with Crippen molar-refractivity contribution in [3.63, 3.8) is 0 Å². The molecule has 0 radical (unpaired) electrons. The van der Waals surface area contributed by atoms with Crippen LogP contribution < -0.4 is 10.9 Å². The normalized spacial score (nSPS) is 11.1. The van der Waals surface area contributed by atoms with Crippen molar-refractivity contribution in [2.45, 2.75) is 19.1 Å². The molecule has 0 aliphatic rings. The summed E-state index contributed by atoms with van der Waals surface area (Å²) in [4.78, 5) is 33.3. The lowest BCUT2D eigenvalue weighted by molar-refractivity contribution is -0.113. The summed E-state index contributed by atoms with van der Waals surface area (Å²) in [5.41, 5.74) is 1.01. The van der Waals surface area contributed by atoms with Gasteiger partial charge in [-0.2, -0.15) is 0 Å². The summed E-state index contributed by atoms with van der Waals surface area (Å²) in [6.45, 7) is 1.95. The van der Waals surface area contributed by atoms with Gasteiger partial charge in [0.2, 0.25) is 11.0 Å². The molecule has 10 heteroatoms. The first-order chi connectivity index (χ1) is 14.1. The highest BCUT2D eigenvalue weighted by molar-refractivity contribution is 7.99. The third-order valence-corrected chi connectivity index (χ3v) is 6.68. The summed E-state index contributed by atoms with van der Waals surface area (Å²) < 4.78 is 0. The second-order valence-electron chi connectivity index (χ2n) is 6.29. The molecule has 3 aromatic heterocycles. The van der Waals surface area contributed by atoms with E-state index < -0.39 is 0 Å². The Kier molecular flexibility index (Phi) is 6.02. The summed E-state index contributed by atoms with van der Waals surface area (Å²) in [6, 6.07) is 11.8. The lowest BCUT2D eigenvalue weighted by Crippen LogP contribution is -2.15.